The van der Waals surface area contributed by atoms with E-state index in [1.807, 2.05) is 6.92 Å². The second-order valence-electron chi connectivity index (χ2n) is 1.43. The van der Waals surface area contributed by atoms with E-state index in [9.17, 15) is 0 Å². The predicted molar refractivity (Wildman–Crippen MR) is 32.1 cm³/mol. The Kier molecular flexibility index (Phi) is 6.63. The first-order valence-electron chi connectivity index (χ1n) is 2.04. The largest absolute Gasteiger partial charge is 0.383 e. The summed E-state index contributed by atoms with van der Waals surface area (Å²) in [7, 11) is 0. The molecule has 0 aliphatic rings. The van der Waals surface area contributed by atoms with Crippen LogP contribution in [0.4, 0.5) is 0 Å². The van der Waals surface area contributed by atoms with Gasteiger partial charge in [0.05, 0.1) is 5.76 Å². The first-order valence-corrected chi connectivity index (χ1v) is 2.04. The van der Waals surface area contributed by atoms with Crippen molar-refractivity contribution in [2.75, 3.05) is 0 Å². The zero-order chi connectivity index (χ0) is 5.28. The van der Waals surface area contributed by atoms with Crippen LogP contribution >= 0.6 is 0 Å². The van der Waals surface area contributed by atoms with Crippen molar-refractivity contribution >= 4 is 0 Å². The van der Waals surface area contributed by atoms with Gasteiger partial charge in [0.25, 0.3) is 0 Å². The molecule has 0 aliphatic heterocycles. The van der Waals surface area contributed by atoms with Crippen molar-refractivity contribution in [3.05, 3.63) is 31.9 Å². The Morgan fingerprint density at radius 2 is 2.22 bits per heavy atom. The van der Waals surface area contributed by atoms with Gasteiger partial charge in [-0.2, -0.15) is 0 Å². The van der Waals surface area contributed by atoms with Crippen molar-refractivity contribution in [1.82, 2.24) is 5.16 Å². The second-order valence-corrected chi connectivity index (χ2v) is 1.43. The summed E-state index contributed by atoms with van der Waals surface area (Å²) in [6, 6.07) is 1.78. The number of rotatable bonds is 0. The first kappa shape index (κ1) is 11.9. The van der Waals surface area contributed by atoms with E-state index in [1.165, 1.54) is 0 Å². The van der Waals surface area contributed by atoms with Gasteiger partial charge in [0.2, 0.25) is 0 Å². The molecule has 0 N–H and O–H groups in total. The van der Waals surface area contributed by atoms with Crippen LogP contribution in [0.3, 0.4) is 0 Å². The van der Waals surface area contributed by atoms with Gasteiger partial charge >= 0.3 is 0 Å². The average Bonchev–Trinajstić information content (AvgIpc) is 1.87. The summed E-state index contributed by atoms with van der Waals surface area (Å²) >= 11 is 0. The van der Waals surface area contributed by atoms with Crippen molar-refractivity contribution in [2.45, 2.75) is 6.92 Å². The molecule has 0 saturated heterocycles. The van der Waals surface area contributed by atoms with Crippen molar-refractivity contribution in [3.8, 4) is 0 Å². The molecule has 1 rings (SSSR count). The van der Waals surface area contributed by atoms with Crippen LogP contribution in [0.5, 0.6) is 0 Å². The van der Waals surface area contributed by atoms with Crippen LogP contribution in [-0.4, -0.2) is 5.16 Å². The monoisotopic (exact) mass is 200 g/mol. The maximum atomic E-state index is 4.65. The summed E-state index contributed by atoms with van der Waals surface area (Å²) in [6.45, 7) is 5.37. The molecule has 49 valence electrons. The van der Waals surface area contributed by atoms with Crippen molar-refractivity contribution in [3.63, 3.8) is 0 Å². The van der Waals surface area contributed by atoms with Crippen LogP contribution in [0.15, 0.2) is 10.6 Å². The van der Waals surface area contributed by atoms with Crippen LogP contribution in [0.1, 0.15) is 11.5 Å². The molecule has 0 bridgehead atoms. The van der Waals surface area contributed by atoms with Gasteiger partial charge in [0.15, 0.2) is 0 Å². The predicted octanol–water partition coefficient (Wildman–Crippen LogP) is 1.61. The summed E-state index contributed by atoms with van der Waals surface area (Å²) in [5, 5.41) is 3.53. The fourth-order valence-electron chi connectivity index (χ4n) is 0.418. The summed E-state index contributed by atoms with van der Waals surface area (Å²) < 4.78 is 4.65. The number of hydrogen-bond donors (Lipinski definition) is 0. The second kappa shape index (κ2) is 5.01. The minimum Gasteiger partial charge on any atom is -0.383 e. The SMILES string of the molecule is [CH2-]c1cc(C)on1.[CH3-].[Y]. The molecule has 0 aromatic carbocycles. The van der Waals surface area contributed by atoms with Crippen LogP contribution < -0.4 is 0 Å². The molecule has 2 nitrogen and oxygen atoms in total. The van der Waals surface area contributed by atoms with Gasteiger partial charge in [-0.15, -0.1) is 11.2 Å². The Balaban J connectivity index is 0. The molecule has 1 radical (unpaired) electrons. The Morgan fingerprint density at radius 3 is 2.33 bits per heavy atom. The number of nitrogens with zero attached hydrogens (tertiary/aromatic N) is 1. The van der Waals surface area contributed by atoms with Crippen LogP contribution in [0, 0.1) is 21.3 Å². The third-order valence-electron chi connectivity index (χ3n) is 0.677. The van der Waals surface area contributed by atoms with Crippen molar-refractivity contribution < 1.29 is 37.2 Å². The van der Waals surface area contributed by atoms with Gasteiger partial charge in [-0.25, -0.2) is 6.92 Å². The van der Waals surface area contributed by atoms with Gasteiger partial charge < -0.3 is 11.9 Å². The topological polar surface area (TPSA) is 26.0 Å². The Morgan fingerprint density at radius 1 is 1.67 bits per heavy atom. The van der Waals surface area contributed by atoms with E-state index in [-0.39, 0.29) is 40.1 Å². The standard InChI is InChI=1S/C5H6NO.CH3.Y/c1-4-3-5(2)7-6-4;;/h3H,1H2,2H3;1H3;/q2*-1;. The van der Waals surface area contributed by atoms with Crippen molar-refractivity contribution in [1.29, 1.82) is 0 Å². The zero-order valence-corrected chi connectivity index (χ0v) is 8.56. The van der Waals surface area contributed by atoms with Gasteiger partial charge in [-0.1, -0.05) is 5.69 Å². The molecule has 9 heavy (non-hydrogen) atoms. The Hall–Kier alpha value is 0.184. The zero-order valence-electron chi connectivity index (χ0n) is 5.72. The molecule has 0 atom stereocenters. The summed E-state index contributed by atoms with van der Waals surface area (Å²) in [5.41, 5.74) is 0.692. The Bertz CT molecular complexity index is 145. The van der Waals surface area contributed by atoms with Gasteiger partial charge in [-0.05, 0) is 6.92 Å². The first-order chi connectivity index (χ1) is 3.29. The number of hydrogen-bond acceptors (Lipinski definition) is 2. The van der Waals surface area contributed by atoms with Crippen LogP contribution in [0.2, 0.25) is 0 Å². The van der Waals surface area contributed by atoms with Gasteiger partial charge in [0, 0.05) is 32.7 Å². The van der Waals surface area contributed by atoms with E-state index in [1.54, 1.807) is 6.07 Å². The molecule has 1 aromatic heterocycles. The molecule has 0 aliphatic carbocycles. The normalized spacial score (nSPS) is 7.22. The summed E-state index contributed by atoms with van der Waals surface area (Å²) in [6.07, 6.45) is 0. The minimum absolute atomic E-state index is 0. The quantitative estimate of drug-likeness (QED) is 0.594. The third-order valence-corrected chi connectivity index (χ3v) is 0.677. The molecule has 3 heteroatoms. The Labute approximate surface area is 80.9 Å². The average molecular weight is 200 g/mol. The molecular weight excluding hydrogens is 191 g/mol. The summed E-state index contributed by atoms with van der Waals surface area (Å²) in [5.74, 6) is 0.810. The maximum Gasteiger partial charge on any atom is 0.0545 e. The van der Waals surface area contributed by atoms with E-state index in [2.05, 4.69) is 16.6 Å². The molecule has 1 aromatic rings. The van der Waals surface area contributed by atoms with Crippen LogP contribution in [0.25, 0.3) is 0 Å². The molecule has 0 saturated carbocycles. The molecule has 0 fully saturated rings. The van der Waals surface area contributed by atoms with Crippen LogP contribution in [-0.2, 0) is 32.7 Å². The molecule has 0 unspecified atom stereocenters. The fourth-order valence-corrected chi connectivity index (χ4v) is 0.418. The minimum atomic E-state index is 0. The van der Waals surface area contributed by atoms with E-state index in [4.69, 9.17) is 0 Å². The van der Waals surface area contributed by atoms with Crippen molar-refractivity contribution in [2.24, 2.45) is 0 Å². The number of aromatic nitrogens is 1. The molecule has 1 heterocycles. The number of aryl methyl sites for hydroxylation is 1. The smallest absolute Gasteiger partial charge is 0.0545 e. The molecule has 0 amide bonds. The van der Waals surface area contributed by atoms with Gasteiger partial charge in [-0.3, -0.25) is 0 Å². The van der Waals surface area contributed by atoms with E-state index < -0.39 is 0 Å². The van der Waals surface area contributed by atoms with E-state index in [0.717, 1.165) is 5.76 Å². The van der Waals surface area contributed by atoms with E-state index in [0.29, 0.717) is 5.69 Å². The van der Waals surface area contributed by atoms with E-state index >= 15 is 0 Å². The maximum absolute atomic E-state index is 4.65. The van der Waals surface area contributed by atoms with Gasteiger partial charge in [0.1, 0.15) is 0 Å². The molecular formula is C6H9NOY-2. The third kappa shape index (κ3) is 3.71. The molecule has 0 spiro atoms. The summed E-state index contributed by atoms with van der Waals surface area (Å²) in [4.78, 5) is 0. The fraction of sp³-hybridized carbons (Fsp3) is 0.167.